The van der Waals surface area contributed by atoms with Crippen molar-refractivity contribution in [1.82, 2.24) is 0 Å². The van der Waals surface area contributed by atoms with Gasteiger partial charge in [0.15, 0.2) is 6.29 Å². The maximum Gasteiger partial charge on any atom is 0.331 e. The van der Waals surface area contributed by atoms with Gasteiger partial charge in [0.1, 0.15) is 12.7 Å². The van der Waals surface area contributed by atoms with Crippen molar-refractivity contribution in [2.45, 2.75) is 123 Å². The highest BCUT2D eigenvalue weighted by Gasteiger charge is 2.66. The quantitative estimate of drug-likeness (QED) is 0.398. The Labute approximate surface area is 222 Å². The van der Waals surface area contributed by atoms with Crippen molar-refractivity contribution in [2.75, 3.05) is 13.7 Å². The van der Waals surface area contributed by atoms with Crippen LogP contribution in [-0.4, -0.2) is 55.5 Å². The molecule has 2 aliphatic heterocycles. The highest BCUT2D eigenvalue weighted by atomic mass is 16.7. The number of methoxy groups -OCH3 is 1. The van der Waals surface area contributed by atoms with Gasteiger partial charge in [0, 0.05) is 19.6 Å². The average molecular weight is 517 g/mol. The van der Waals surface area contributed by atoms with E-state index in [4.69, 9.17) is 18.9 Å². The largest absolute Gasteiger partial charge is 0.458 e. The molecule has 208 valence electrons. The van der Waals surface area contributed by atoms with Crippen molar-refractivity contribution in [3.05, 3.63) is 11.6 Å². The topological polar surface area (TPSA) is 74.2 Å². The molecule has 2 heterocycles. The molecule has 0 aromatic carbocycles. The maximum atomic E-state index is 11.9. The number of fused-ring (bicyclic) bond motifs is 5. The number of carbonyl (C=O) groups excluding carboxylic acids is 1. The third-order valence-electron chi connectivity index (χ3n) is 12.9. The predicted molar refractivity (Wildman–Crippen MR) is 140 cm³/mol. The molecule has 1 saturated heterocycles. The molecule has 4 saturated carbocycles. The first kappa shape index (κ1) is 26.3. The molecule has 1 N–H and O–H groups in total. The van der Waals surface area contributed by atoms with E-state index in [1.54, 1.807) is 13.2 Å². The summed E-state index contributed by atoms with van der Waals surface area (Å²) in [5.41, 5.74) is 2.23. The summed E-state index contributed by atoms with van der Waals surface area (Å²) in [5, 5.41) is 10.3. The van der Waals surface area contributed by atoms with Crippen molar-refractivity contribution < 1.29 is 28.8 Å². The molecule has 6 aliphatic rings. The van der Waals surface area contributed by atoms with Crippen LogP contribution in [0.1, 0.15) is 91.9 Å². The zero-order valence-corrected chi connectivity index (χ0v) is 23.5. The third kappa shape index (κ3) is 3.98. The van der Waals surface area contributed by atoms with Crippen LogP contribution in [0.5, 0.6) is 0 Å². The molecule has 12 atom stereocenters. The zero-order chi connectivity index (χ0) is 26.2. The van der Waals surface area contributed by atoms with Crippen LogP contribution in [0.4, 0.5) is 0 Å². The molecule has 6 heteroatoms. The Hall–Kier alpha value is -0.950. The lowest BCUT2D eigenvalue weighted by molar-refractivity contribution is -0.272. The van der Waals surface area contributed by atoms with Crippen molar-refractivity contribution >= 4 is 5.97 Å². The molecule has 0 aromatic rings. The molecule has 4 aliphatic carbocycles. The fourth-order valence-corrected chi connectivity index (χ4v) is 10.5. The molecule has 0 amide bonds. The van der Waals surface area contributed by atoms with Gasteiger partial charge in [0.05, 0.1) is 18.3 Å². The second-order valence-corrected chi connectivity index (χ2v) is 14.1. The molecule has 37 heavy (non-hydrogen) atoms. The van der Waals surface area contributed by atoms with E-state index in [2.05, 4.69) is 20.8 Å². The number of ether oxygens (including phenoxy) is 4. The van der Waals surface area contributed by atoms with Gasteiger partial charge in [-0.05, 0) is 110 Å². The van der Waals surface area contributed by atoms with Crippen LogP contribution in [0.15, 0.2) is 11.6 Å². The van der Waals surface area contributed by atoms with Crippen molar-refractivity contribution in [3.63, 3.8) is 0 Å². The van der Waals surface area contributed by atoms with Crippen LogP contribution in [0.2, 0.25) is 0 Å². The van der Waals surface area contributed by atoms with E-state index in [0.717, 1.165) is 24.7 Å². The molecule has 0 unspecified atom stereocenters. The number of aliphatic hydroxyl groups is 1. The highest BCUT2D eigenvalue weighted by molar-refractivity contribution is 5.85. The third-order valence-corrected chi connectivity index (χ3v) is 12.9. The Bertz CT molecular complexity index is 933. The molecule has 6 rings (SSSR count). The van der Waals surface area contributed by atoms with Crippen molar-refractivity contribution in [3.8, 4) is 0 Å². The van der Waals surface area contributed by atoms with Gasteiger partial charge in [-0.2, -0.15) is 0 Å². The van der Waals surface area contributed by atoms with Gasteiger partial charge < -0.3 is 24.1 Å². The summed E-state index contributed by atoms with van der Waals surface area (Å²) < 4.78 is 23.4. The first-order valence-electron chi connectivity index (χ1n) is 15.0. The average Bonchev–Trinajstić information content (AvgIpc) is 3.41. The zero-order valence-electron chi connectivity index (χ0n) is 23.5. The van der Waals surface area contributed by atoms with Crippen LogP contribution in [0, 0.1) is 39.9 Å². The Morgan fingerprint density at radius 2 is 1.76 bits per heavy atom. The molecule has 0 spiro atoms. The summed E-state index contributed by atoms with van der Waals surface area (Å²) in [6, 6.07) is 0. The van der Waals surface area contributed by atoms with E-state index in [1.165, 1.54) is 50.5 Å². The standard InChI is InChI=1S/C31H48O6/c1-18-28(33)25(34-5)16-27(36-18)37-21-8-11-29(2)20(15-21)6-7-24-23(29)10-13-30(3)22(9-12-31(24,30)4)19-14-26(32)35-17-19/h14,18,20-25,27-28,33H,6-13,15-17H2,1-5H3/t18-,20-,21+,22-,23+,24-,25+,27+,28-,29+,30-,31-/m1/s1. The number of hydrogen-bond acceptors (Lipinski definition) is 6. The first-order chi connectivity index (χ1) is 17.6. The predicted octanol–water partition coefficient (Wildman–Crippen LogP) is 5.41. The number of cyclic esters (lactones) is 1. The summed E-state index contributed by atoms with van der Waals surface area (Å²) in [7, 11) is 1.66. The Balaban J connectivity index is 1.15. The van der Waals surface area contributed by atoms with Crippen molar-refractivity contribution in [1.29, 1.82) is 0 Å². The normalized spacial score (nSPS) is 53.6. The Kier molecular flexibility index (Phi) is 6.62. The molecular weight excluding hydrogens is 468 g/mol. The summed E-state index contributed by atoms with van der Waals surface area (Å²) in [5.74, 6) is 2.59. The van der Waals surface area contributed by atoms with E-state index in [1.807, 2.05) is 6.92 Å². The van der Waals surface area contributed by atoms with Gasteiger partial charge in [-0.25, -0.2) is 4.79 Å². The summed E-state index contributed by atoms with van der Waals surface area (Å²) in [6.07, 6.45) is 12.3. The second-order valence-electron chi connectivity index (χ2n) is 14.1. The van der Waals surface area contributed by atoms with Gasteiger partial charge in [-0.15, -0.1) is 0 Å². The van der Waals surface area contributed by atoms with Crippen LogP contribution >= 0.6 is 0 Å². The lowest BCUT2D eigenvalue weighted by Gasteiger charge is -2.65. The lowest BCUT2D eigenvalue weighted by Crippen LogP contribution is -2.58. The van der Waals surface area contributed by atoms with Gasteiger partial charge >= 0.3 is 5.97 Å². The van der Waals surface area contributed by atoms with E-state index in [9.17, 15) is 9.90 Å². The van der Waals surface area contributed by atoms with E-state index in [0.29, 0.717) is 35.7 Å². The number of carbonyl (C=O) groups is 1. The fourth-order valence-electron chi connectivity index (χ4n) is 10.5. The van der Waals surface area contributed by atoms with Crippen LogP contribution in [0.25, 0.3) is 0 Å². The minimum Gasteiger partial charge on any atom is -0.458 e. The van der Waals surface area contributed by atoms with Crippen LogP contribution in [-0.2, 0) is 23.7 Å². The van der Waals surface area contributed by atoms with Gasteiger partial charge in [0.25, 0.3) is 0 Å². The minimum absolute atomic E-state index is 0.144. The molecular formula is C31H48O6. The summed E-state index contributed by atoms with van der Waals surface area (Å²) in [4.78, 5) is 11.9. The fraction of sp³-hybridized carbons (Fsp3) is 0.903. The Morgan fingerprint density at radius 3 is 2.49 bits per heavy atom. The van der Waals surface area contributed by atoms with Crippen LogP contribution in [0.3, 0.4) is 0 Å². The second kappa shape index (κ2) is 9.31. The van der Waals surface area contributed by atoms with Gasteiger partial charge in [0.2, 0.25) is 0 Å². The highest BCUT2D eigenvalue weighted by Crippen LogP contribution is 2.73. The smallest absolute Gasteiger partial charge is 0.331 e. The molecule has 0 radical (unpaired) electrons. The van der Waals surface area contributed by atoms with Crippen LogP contribution < -0.4 is 0 Å². The monoisotopic (exact) mass is 516 g/mol. The lowest BCUT2D eigenvalue weighted by atomic mass is 9.40. The van der Waals surface area contributed by atoms with E-state index < -0.39 is 6.10 Å². The Morgan fingerprint density at radius 1 is 0.973 bits per heavy atom. The molecule has 0 aromatic heterocycles. The number of rotatable bonds is 4. The number of esters is 1. The number of hydrogen-bond donors (Lipinski definition) is 1. The molecule has 5 fully saturated rings. The minimum atomic E-state index is -0.596. The SMILES string of the molecule is CO[C@H]1C[C@H](O[C@H]2CC[C@@]3(C)[C@H](CC[C@@H]4[C@@H]3CC[C@]3(C)[C@@H](C5=CC(=O)OC5)CC[C@]43C)C2)O[C@H](C)[C@H]1O. The van der Waals surface area contributed by atoms with Gasteiger partial charge in [-0.1, -0.05) is 20.8 Å². The van der Waals surface area contributed by atoms with E-state index >= 15 is 0 Å². The van der Waals surface area contributed by atoms with Gasteiger partial charge in [-0.3, -0.25) is 0 Å². The van der Waals surface area contributed by atoms with Crippen molar-refractivity contribution in [2.24, 2.45) is 39.9 Å². The number of aliphatic hydroxyl groups excluding tert-OH is 1. The van der Waals surface area contributed by atoms with E-state index in [-0.39, 0.29) is 36.0 Å². The maximum absolute atomic E-state index is 11.9. The summed E-state index contributed by atoms with van der Waals surface area (Å²) >= 11 is 0. The summed E-state index contributed by atoms with van der Waals surface area (Å²) in [6.45, 7) is 10.2. The molecule has 0 bridgehead atoms. The molecule has 6 nitrogen and oxygen atoms in total. The first-order valence-corrected chi connectivity index (χ1v) is 15.0.